The highest BCUT2D eigenvalue weighted by Crippen LogP contribution is 2.46. The number of furan rings is 1. The van der Waals surface area contributed by atoms with Crippen LogP contribution in [0.4, 0.5) is 5.69 Å². The number of benzene rings is 1. The van der Waals surface area contributed by atoms with Crippen LogP contribution in [-0.2, 0) is 19.1 Å². The molecule has 9 heteroatoms. The van der Waals surface area contributed by atoms with Crippen LogP contribution in [-0.4, -0.2) is 37.0 Å². The normalized spacial score (nSPS) is 20.4. The molecule has 4 rings (SSSR count). The molecule has 0 amide bonds. The number of nitrogens with zero attached hydrogens (tertiary/aromatic N) is 1. The quantitative estimate of drug-likeness (QED) is 0.292. The maximum Gasteiger partial charge on any atom is 0.336 e. The van der Waals surface area contributed by atoms with Crippen molar-refractivity contribution in [1.82, 2.24) is 5.32 Å². The Hall–Kier alpha value is -3.72. The summed E-state index contributed by atoms with van der Waals surface area (Å²) in [6.45, 7) is 2.01. The summed E-state index contributed by atoms with van der Waals surface area (Å²) >= 11 is 0. The number of carbonyl (C=O) groups is 2. The fraction of sp³-hybridized carbons (Fsp3) is 0.333. The van der Waals surface area contributed by atoms with Gasteiger partial charge in [0.2, 0.25) is 0 Å². The third kappa shape index (κ3) is 4.45. The van der Waals surface area contributed by atoms with Crippen molar-refractivity contribution in [3.63, 3.8) is 0 Å². The zero-order chi connectivity index (χ0) is 23.5. The minimum absolute atomic E-state index is 0.0498. The molecule has 1 aromatic heterocycles. The van der Waals surface area contributed by atoms with Crippen molar-refractivity contribution in [2.45, 2.75) is 31.6 Å². The first kappa shape index (κ1) is 22.5. The summed E-state index contributed by atoms with van der Waals surface area (Å²) in [5.74, 6) is -0.929. The Kier molecular flexibility index (Phi) is 6.41. The Labute approximate surface area is 190 Å². The van der Waals surface area contributed by atoms with Crippen molar-refractivity contribution in [2.75, 3.05) is 20.3 Å². The van der Waals surface area contributed by atoms with Gasteiger partial charge in [-0.3, -0.25) is 14.9 Å². The molecule has 2 aliphatic rings. The van der Waals surface area contributed by atoms with E-state index in [1.54, 1.807) is 31.4 Å². The summed E-state index contributed by atoms with van der Waals surface area (Å²) < 4.78 is 15.8. The van der Waals surface area contributed by atoms with Crippen LogP contribution in [0.5, 0.6) is 0 Å². The number of ether oxygens (including phenoxy) is 2. The van der Waals surface area contributed by atoms with E-state index in [1.165, 1.54) is 19.2 Å². The molecule has 33 heavy (non-hydrogen) atoms. The second-order valence-corrected chi connectivity index (χ2v) is 8.01. The van der Waals surface area contributed by atoms with Crippen LogP contribution in [0.1, 0.15) is 42.9 Å². The number of nitrogens with one attached hydrogen (secondary N) is 1. The van der Waals surface area contributed by atoms with Gasteiger partial charge in [-0.05, 0) is 31.0 Å². The number of dihydropyridines is 1. The lowest BCUT2D eigenvalue weighted by atomic mass is 9.72. The van der Waals surface area contributed by atoms with Gasteiger partial charge in [0.25, 0.3) is 5.69 Å². The van der Waals surface area contributed by atoms with E-state index < -0.39 is 16.8 Å². The summed E-state index contributed by atoms with van der Waals surface area (Å²) in [7, 11) is 1.50. The van der Waals surface area contributed by atoms with Gasteiger partial charge in [-0.2, -0.15) is 0 Å². The first-order valence-corrected chi connectivity index (χ1v) is 10.6. The lowest BCUT2D eigenvalue weighted by molar-refractivity contribution is -0.384. The van der Waals surface area contributed by atoms with Gasteiger partial charge < -0.3 is 19.2 Å². The van der Waals surface area contributed by atoms with Crippen LogP contribution < -0.4 is 5.32 Å². The molecular formula is C24H24N2O7. The molecule has 2 atom stereocenters. The lowest BCUT2D eigenvalue weighted by Crippen LogP contribution is -2.36. The predicted octanol–water partition coefficient (Wildman–Crippen LogP) is 3.74. The van der Waals surface area contributed by atoms with E-state index in [0.717, 1.165) is 5.76 Å². The van der Waals surface area contributed by atoms with E-state index in [0.29, 0.717) is 29.0 Å². The Bertz CT molecular complexity index is 1150. The van der Waals surface area contributed by atoms with Gasteiger partial charge in [0.15, 0.2) is 5.78 Å². The first-order valence-electron chi connectivity index (χ1n) is 10.6. The molecule has 0 unspecified atom stereocenters. The van der Waals surface area contributed by atoms with Crippen molar-refractivity contribution < 1.29 is 28.4 Å². The van der Waals surface area contributed by atoms with Crippen molar-refractivity contribution in [3.05, 3.63) is 86.6 Å². The fourth-order valence-electron chi connectivity index (χ4n) is 4.48. The van der Waals surface area contributed by atoms with E-state index >= 15 is 0 Å². The zero-order valence-electron chi connectivity index (χ0n) is 18.3. The monoisotopic (exact) mass is 452 g/mol. The molecule has 9 nitrogen and oxygen atoms in total. The summed E-state index contributed by atoms with van der Waals surface area (Å²) in [6.07, 6.45) is 2.30. The first-order chi connectivity index (χ1) is 15.9. The number of nitro benzene ring substituents is 1. The third-order valence-electron chi connectivity index (χ3n) is 5.93. The molecule has 0 bridgehead atoms. The van der Waals surface area contributed by atoms with Crippen LogP contribution in [0.2, 0.25) is 0 Å². The number of hydrogen-bond donors (Lipinski definition) is 1. The van der Waals surface area contributed by atoms with Gasteiger partial charge in [0.05, 0.1) is 23.4 Å². The van der Waals surface area contributed by atoms with Crippen molar-refractivity contribution in [3.8, 4) is 0 Å². The molecule has 0 saturated carbocycles. The molecule has 0 spiro atoms. The summed E-state index contributed by atoms with van der Waals surface area (Å²) in [4.78, 5) is 37.4. The topological polar surface area (TPSA) is 121 Å². The number of nitro groups is 1. The lowest BCUT2D eigenvalue weighted by Gasteiger charge is -2.36. The summed E-state index contributed by atoms with van der Waals surface area (Å²) in [6, 6.07) is 9.65. The number of Topliss-reactive ketones (excluding diaryl/α,β-unsaturated/α-hetero) is 1. The second-order valence-electron chi connectivity index (χ2n) is 8.01. The minimum atomic E-state index is -0.777. The Balaban J connectivity index is 1.79. The highest BCUT2D eigenvalue weighted by Gasteiger charge is 2.42. The van der Waals surface area contributed by atoms with E-state index in [2.05, 4.69) is 5.32 Å². The largest absolute Gasteiger partial charge is 0.469 e. The predicted molar refractivity (Wildman–Crippen MR) is 117 cm³/mol. The standard InChI is InChI=1S/C24H24N2O7/c1-14-21(24(28)33-10-9-31-2)22(15-5-3-6-17(11-15)26(29)30)23-18(25-14)12-16(13-19(23)27)20-7-4-8-32-20/h3-8,11,16,22,25H,9-10,12-13H2,1-2H3/t16-,22+/m0/s1. The minimum Gasteiger partial charge on any atom is -0.469 e. The van der Waals surface area contributed by atoms with Crippen molar-refractivity contribution in [2.24, 2.45) is 0 Å². The molecule has 0 fully saturated rings. The Morgan fingerprint density at radius 1 is 1.24 bits per heavy atom. The number of allylic oxidation sites excluding steroid dienone is 3. The van der Waals surface area contributed by atoms with Gasteiger partial charge in [0, 0.05) is 54.5 Å². The van der Waals surface area contributed by atoms with Crippen LogP contribution in [0.3, 0.4) is 0 Å². The molecule has 172 valence electrons. The highest BCUT2D eigenvalue weighted by molar-refractivity contribution is 6.04. The zero-order valence-corrected chi connectivity index (χ0v) is 18.3. The molecule has 0 saturated heterocycles. The third-order valence-corrected chi connectivity index (χ3v) is 5.93. The molecule has 2 heterocycles. The van der Waals surface area contributed by atoms with Crippen LogP contribution in [0.25, 0.3) is 0 Å². The van der Waals surface area contributed by atoms with Crippen molar-refractivity contribution >= 4 is 17.4 Å². The van der Waals surface area contributed by atoms with E-state index in [9.17, 15) is 19.7 Å². The van der Waals surface area contributed by atoms with E-state index in [-0.39, 0.29) is 42.6 Å². The highest BCUT2D eigenvalue weighted by atomic mass is 16.6. The molecule has 1 aliphatic carbocycles. The van der Waals surface area contributed by atoms with Gasteiger partial charge in [-0.1, -0.05) is 12.1 Å². The number of ketones is 1. The smallest absolute Gasteiger partial charge is 0.336 e. The summed E-state index contributed by atoms with van der Waals surface area (Å²) in [5.41, 5.74) is 2.30. The molecule has 1 aromatic carbocycles. The van der Waals surface area contributed by atoms with Crippen LogP contribution >= 0.6 is 0 Å². The molecule has 1 N–H and O–H groups in total. The fourth-order valence-corrected chi connectivity index (χ4v) is 4.48. The maximum absolute atomic E-state index is 13.4. The van der Waals surface area contributed by atoms with Crippen molar-refractivity contribution in [1.29, 1.82) is 0 Å². The average Bonchev–Trinajstić information content (AvgIpc) is 3.33. The number of hydrogen-bond acceptors (Lipinski definition) is 8. The number of rotatable bonds is 7. The molecular weight excluding hydrogens is 428 g/mol. The van der Waals surface area contributed by atoms with Gasteiger partial charge in [0.1, 0.15) is 12.4 Å². The number of non-ortho nitro benzene ring substituents is 1. The van der Waals surface area contributed by atoms with Crippen LogP contribution in [0, 0.1) is 10.1 Å². The van der Waals surface area contributed by atoms with Gasteiger partial charge >= 0.3 is 5.97 Å². The summed E-state index contributed by atoms with van der Waals surface area (Å²) in [5, 5.41) is 14.6. The van der Waals surface area contributed by atoms with Crippen LogP contribution in [0.15, 0.2) is 69.6 Å². The average molecular weight is 452 g/mol. The maximum atomic E-state index is 13.4. The molecule has 2 aromatic rings. The number of methoxy groups -OCH3 is 1. The SMILES string of the molecule is COCCOC(=O)C1=C(C)NC2=C(C(=O)C[C@@H](c3ccco3)C2)[C@@H]1c1cccc([N+](=O)[O-])c1. The number of carbonyl (C=O) groups excluding carboxylic acids is 2. The second kappa shape index (κ2) is 9.41. The van der Waals surface area contributed by atoms with Gasteiger partial charge in [-0.25, -0.2) is 4.79 Å². The Morgan fingerprint density at radius 2 is 2.06 bits per heavy atom. The Morgan fingerprint density at radius 3 is 2.76 bits per heavy atom. The van der Waals surface area contributed by atoms with Gasteiger partial charge in [-0.15, -0.1) is 0 Å². The molecule has 1 aliphatic heterocycles. The van der Waals surface area contributed by atoms with E-state index in [1.807, 2.05) is 6.07 Å². The molecule has 0 radical (unpaired) electrons. The number of esters is 1. The van der Waals surface area contributed by atoms with E-state index in [4.69, 9.17) is 13.9 Å².